The van der Waals surface area contributed by atoms with Gasteiger partial charge in [-0.05, 0) is 67.6 Å². The molecule has 0 spiro atoms. The number of ether oxygens (including phenoxy) is 8. The SMILES string of the molecule is CCCCCCc1ccc(N=Nc2ccc(OCCCCCCCCCCNC(=O)NCCOCCOCCOCCOCCOCCOCCOC)cc2)cc1. The number of urea groups is 1. The van der Waals surface area contributed by atoms with Crippen molar-refractivity contribution in [1.82, 2.24) is 10.6 Å². The second-order valence-corrected chi connectivity index (χ2v) is 13.7. The van der Waals surface area contributed by atoms with Gasteiger partial charge in [-0.25, -0.2) is 4.79 Å². The summed E-state index contributed by atoms with van der Waals surface area (Å²) in [5.74, 6) is 0.866. The van der Waals surface area contributed by atoms with Crippen LogP contribution in [0.4, 0.5) is 16.2 Å². The van der Waals surface area contributed by atoms with Crippen LogP contribution in [0.5, 0.6) is 5.75 Å². The summed E-state index contributed by atoms with van der Waals surface area (Å²) in [7, 11) is 1.65. The van der Waals surface area contributed by atoms with Gasteiger partial charge in [0, 0.05) is 20.2 Å². The van der Waals surface area contributed by atoms with E-state index in [-0.39, 0.29) is 6.03 Å². The minimum Gasteiger partial charge on any atom is -0.494 e. The minimum atomic E-state index is -0.153. The van der Waals surface area contributed by atoms with Crippen LogP contribution in [0.15, 0.2) is 58.8 Å². The van der Waals surface area contributed by atoms with Crippen molar-refractivity contribution in [3.05, 3.63) is 54.1 Å². The molecule has 0 aliphatic heterocycles. The maximum atomic E-state index is 12.0. The van der Waals surface area contributed by atoms with Gasteiger partial charge >= 0.3 is 6.03 Å². The first-order chi connectivity index (χ1) is 28.2. The number of amides is 2. The van der Waals surface area contributed by atoms with E-state index in [9.17, 15) is 4.79 Å². The molecular formula is C44H74N4O9. The van der Waals surface area contributed by atoms with Crippen LogP contribution < -0.4 is 15.4 Å². The van der Waals surface area contributed by atoms with Crippen LogP contribution in [-0.4, -0.2) is 119 Å². The van der Waals surface area contributed by atoms with Crippen LogP contribution in [0.25, 0.3) is 0 Å². The number of benzene rings is 2. The molecule has 2 rings (SSSR count). The lowest BCUT2D eigenvalue weighted by Gasteiger charge is -2.09. The van der Waals surface area contributed by atoms with Gasteiger partial charge in [-0.15, -0.1) is 0 Å². The maximum Gasteiger partial charge on any atom is 0.314 e. The van der Waals surface area contributed by atoms with Gasteiger partial charge in [-0.2, -0.15) is 10.2 Å². The molecule has 2 aromatic carbocycles. The van der Waals surface area contributed by atoms with Crippen molar-refractivity contribution in [3.8, 4) is 5.75 Å². The summed E-state index contributed by atoms with van der Waals surface area (Å²) in [5.41, 5.74) is 3.05. The van der Waals surface area contributed by atoms with Gasteiger partial charge in [0.15, 0.2) is 0 Å². The zero-order valence-electron chi connectivity index (χ0n) is 35.2. The molecule has 2 amide bonds. The molecule has 0 fully saturated rings. The summed E-state index contributed by atoms with van der Waals surface area (Å²) in [6.45, 7) is 10.8. The van der Waals surface area contributed by atoms with Gasteiger partial charge in [-0.1, -0.05) is 76.8 Å². The first kappa shape index (κ1) is 50.0. The lowest BCUT2D eigenvalue weighted by molar-refractivity contribution is -0.0189. The molecule has 0 bridgehead atoms. The van der Waals surface area contributed by atoms with Crippen molar-refractivity contribution in [2.45, 2.75) is 90.4 Å². The molecule has 13 heteroatoms. The van der Waals surface area contributed by atoms with Gasteiger partial charge in [0.05, 0.1) is 104 Å². The molecule has 57 heavy (non-hydrogen) atoms. The molecule has 0 aliphatic rings. The number of nitrogens with one attached hydrogen (secondary N) is 2. The highest BCUT2D eigenvalue weighted by Crippen LogP contribution is 2.22. The first-order valence-electron chi connectivity index (χ1n) is 21.4. The second kappa shape index (κ2) is 38.4. The summed E-state index contributed by atoms with van der Waals surface area (Å²) < 4.78 is 43.5. The molecule has 0 saturated carbocycles. The van der Waals surface area contributed by atoms with E-state index in [4.69, 9.17) is 37.9 Å². The molecule has 324 valence electrons. The zero-order valence-corrected chi connectivity index (χ0v) is 35.2. The fourth-order valence-electron chi connectivity index (χ4n) is 5.53. The predicted octanol–water partition coefficient (Wildman–Crippen LogP) is 8.77. The molecule has 0 atom stereocenters. The Hall–Kier alpha value is -3.17. The molecule has 2 N–H and O–H groups in total. The summed E-state index contributed by atoms with van der Waals surface area (Å²) in [6.07, 6.45) is 15.4. The second-order valence-electron chi connectivity index (χ2n) is 13.7. The van der Waals surface area contributed by atoms with Crippen molar-refractivity contribution in [2.24, 2.45) is 10.2 Å². The Balaban J connectivity index is 1.27. The molecule has 0 unspecified atom stereocenters. The van der Waals surface area contributed by atoms with Crippen molar-refractivity contribution in [1.29, 1.82) is 0 Å². The highest BCUT2D eigenvalue weighted by molar-refractivity contribution is 5.73. The van der Waals surface area contributed by atoms with E-state index in [2.05, 4.69) is 39.9 Å². The van der Waals surface area contributed by atoms with Crippen LogP contribution in [0, 0.1) is 0 Å². The van der Waals surface area contributed by atoms with Crippen LogP contribution in [0.3, 0.4) is 0 Å². The number of carbonyl (C=O) groups is 1. The number of carbonyl (C=O) groups excluding carboxylic acids is 1. The summed E-state index contributed by atoms with van der Waals surface area (Å²) in [4.78, 5) is 12.0. The van der Waals surface area contributed by atoms with E-state index < -0.39 is 0 Å². The van der Waals surface area contributed by atoms with E-state index in [1.807, 2.05) is 36.4 Å². The average molecular weight is 803 g/mol. The van der Waals surface area contributed by atoms with Crippen LogP contribution in [0.2, 0.25) is 0 Å². The molecule has 2 aromatic rings. The van der Waals surface area contributed by atoms with E-state index in [1.54, 1.807) is 7.11 Å². The third kappa shape index (κ3) is 31.5. The Morgan fingerprint density at radius 1 is 0.474 bits per heavy atom. The number of azo groups is 1. The Bertz CT molecular complexity index is 1210. The molecule has 0 radical (unpaired) electrons. The summed E-state index contributed by atoms with van der Waals surface area (Å²) in [5, 5.41) is 14.5. The van der Waals surface area contributed by atoms with Gasteiger partial charge in [-0.3, -0.25) is 0 Å². The molecular weight excluding hydrogens is 729 g/mol. The topological polar surface area (TPSA) is 140 Å². The quantitative estimate of drug-likeness (QED) is 0.0500. The average Bonchev–Trinajstić information content (AvgIpc) is 3.23. The van der Waals surface area contributed by atoms with Gasteiger partial charge < -0.3 is 48.5 Å². The highest BCUT2D eigenvalue weighted by Gasteiger charge is 2.01. The fourth-order valence-corrected chi connectivity index (χ4v) is 5.53. The Labute approximate surface area is 343 Å². The summed E-state index contributed by atoms with van der Waals surface area (Å²) >= 11 is 0. The van der Waals surface area contributed by atoms with E-state index >= 15 is 0 Å². The third-order valence-corrected chi connectivity index (χ3v) is 8.82. The van der Waals surface area contributed by atoms with E-state index in [1.165, 1.54) is 63.4 Å². The molecule has 13 nitrogen and oxygen atoms in total. The highest BCUT2D eigenvalue weighted by atomic mass is 16.6. The van der Waals surface area contributed by atoms with Gasteiger partial charge in [0.2, 0.25) is 0 Å². The normalized spacial score (nSPS) is 11.4. The van der Waals surface area contributed by atoms with Crippen molar-refractivity contribution in [3.63, 3.8) is 0 Å². The van der Waals surface area contributed by atoms with Crippen molar-refractivity contribution < 1.29 is 42.7 Å². The van der Waals surface area contributed by atoms with E-state index in [0.29, 0.717) is 99.0 Å². The third-order valence-electron chi connectivity index (χ3n) is 8.82. The Kier molecular flexibility index (Phi) is 33.6. The molecule has 0 aliphatic carbocycles. The van der Waals surface area contributed by atoms with Crippen molar-refractivity contribution >= 4 is 17.4 Å². The van der Waals surface area contributed by atoms with Crippen molar-refractivity contribution in [2.75, 3.05) is 113 Å². The zero-order chi connectivity index (χ0) is 40.5. The number of nitrogens with zero attached hydrogens (tertiary/aromatic N) is 2. The monoisotopic (exact) mass is 803 g/mol. The standard InChI is InChI=1S/C44H74N4O9/c1-3-4-5-12-15-40-16-18-41(19-17-40)47-48-42-20-22-43(23-21-42)57-26-14-11-9-7-6-8-10-13-24-45-44(49)46-25-27-51-30-31-53-34-35-55-38-39-56-37-36-54-33-32-52-29-28-50-2/h16-23H,3-15,24-39H2,1-2H3,(H2,45,46,49). The largest absolute Gasteiger partial charge is 0.494 e. The number of unbranched alkanes of at least 4 members (excludes halogenated alkanes) is 10. The van der Waals surface area contributed by atoms with Crippen LogP contribution in [-0.2, 0) is 39.6 Å². The van der Waals surface area contributed by atoms with Gasteiger partial charge in [0.25, 0.3) is 0 Å². The number of aryl methyl sites for hydroxylation is 1. The minimum absolute atomic E-state index is 0.153. The molecule has 0 aromatic heterocycles. The first-order valence-corrected chi connectivity index (χ1v) is 21.4. The number of methoxy groups -OCH3 is 1. The summed E-state index contributed by atoms with van der Waals surface area (Å²) in [6, 6.07) is 16.1. The number of rotatable bonds is 40. The number of hydrogen-bond acceptors (Lipinski definition) is 11. The van der Waals surface area contributed by atoms with Crippen LogP contribution in [0.1, 0.15) is 89.5 Å². The van der Waals surface area contributed by atoms with E-state index in [0.717, 1.165) is 49.4 Å². The predicted molar refractivity (Wildman–Crippen MR) is 226 cm³/mol. The lowest BCUT2D eigenvalue weighted by atomic mass is 10.1. The fraction of sp³-hybridized carbons (Fsp3) is 0.705. The number of hydrogen-bond donors (Lipinski definition) is 2. The van der Waals surface area contributed by atoms with Crippen LogP contribution >= 0.6 is 0 Å². The lowest BCUT2D eigenvalue weighted by Crippen LogP contribution is -2.37. The molecule has 0 heterocycles. The Morgan fingerprint density at radius 3 is 1.44 bits per heavy atom. The smallest absolute Gasteiger partial charge is 0.314 e. The maximum absolute atomic E-state index is 12.0. The molecule has 0 saturated heterocycles. The Morgan fingerprint density at radius 2 is 0.912 bits per heavy atom. The van der Waals surface area contributed by atoms with Gasteiger partial charge in [0.1, 0.15) is 5.75 Å².